The summed E-state index contributed by atoms with van der Waals surface area (Å²) in [6.07, 6.45) is 2.80. The summed E-state index contributed by atoms with van der Waals surface area (Å²) in [6, 6.07) is 19.3. The minimum Gasteiger partial charge on any atom is -0.493 e. The monoisotopic (exact) mass is 275 g/mol. The second kappa shape index (κ2) is 4.63. The molecule has 2 aromatic carbocycles. The fraction of sp³-hybridized carbons (Fsp3) is 0.316. The highest BCUT2D eigenvalue weighted by Gasteiger charge is 2.42. The second-order valence-corrected chi connectivity index (χ2v) is 6.10. The molecule has 0 N–H and O–H groups in total. The Morgan fingerprint density at radius 1 is 1.14 bits per heavy atom. The van der Waals surface area contributed by atoms with E-state index in [1.54, 1.807) is 0 Å². The van der Waals surface area contributed by atoms with Crippen molar-refractivity contribution in [3.63, 3.8) is 0 Å². The van der Waals surface area contributed by atoms with Crippen molar-refractivity contribution in [1.29, 1.82) is 5.26 Å². The maximum Gasteiger partial charge on any atom is 0.122 e. The molecule has 104 valence electrons. The molecule has 2 nitrogen and oxygen atoms in total. The predicted molar refractivity (Wildman–Crippen MR) is 81.3 cm³/mol. The normalized spacial score (nSPS) is 25.8. The number of hydrogen-bond acceptors (Lipinski definition) is 2. The highest BCUT2D eigenvalue weighted by molar-refractivity contribution is 5.46. The third-order valence-electron chi connectivity index (χ3n) is 4.96. The van der Waals surface area contributed by atoms with Gasteiger partial charge in [0.2, 0.25) is 0 Å². The zero-order valence-electron chi connectivity index (χ0n) is 11.9. The lowest BCUT2D eigenvalue weighted by Gasteiger charge is -2.25. The van der Waals surface area contributed by atoms with Crippen molar-refractivity contribution in [2.45, 2.75) is 30.6 Å². The van der Waals surface area contributed by atoms with Crippen LogP contribution in [0.25, 0.3) is 0 Å². The molecule has 2 aliphatic rings. The van der Waals surface area contributed by atoms with Crippen LogP contribution < -0.4 is 4.74 Å². The Kier molecular flexibility index (Phi) is 2.75. The van der Waals surface area contributed by atoms with Crippen LogP contribution in [0.3, 0.4) is 0 Å². The Balaban J connectivity index is 1.70. The van der Waals surface area contributed by atoms with Gasteiger partial charge in [-0.05, 0) is 36.5 Å². The molecule has 0 bridgehead atoms. The SMILES string of the molecule is N#CC1(CC2COc3ccccc32)CCc2ccccc21. The van der Waals surface area contributed by atoms with Crippen LogP contribution in [0.2, 0.25) is 0 Å². The van der Waals surface area contributed by atoms with Gasteiger partial charge in [0, 0.05) is 11.5 Å². The van der Waals surface area contributed by atoms with Crippen LogP contribution in [0, 0.1) is 11.3 Å². The van der Waals surface area contributed by atoms with E-state index >= 15 is 0 Å². The van der Waals surface area contributed by atoms with Crippen molar-refractivity contribution in [1.82, 2.24) is 0 Å². The van der Waals surface area contributed by atoms with Crippen molar-refractivity contribution in [3.05, 3.63) is 65.2 Å². The van der Waals surface area contributed by atoms with Crippen molar-refractivity contribution >= 4 is 0 Å². The second-order valence-electron chi connectivity index (χ2n) is 6.10. The maximum absolute atomic E-state index is 9.88. The number of ether oxygens (including phenoxy) is 1. The van der Waals surface area contributed by atoms with Gasteiger partial charge in [0.05, 0.1) is 18.1 Å². The van der Waals surface area contributed by atoms with Crippen LogP contribution in [0.5, 0.6) is 5.75 Å². The highest BCUT2D eigenvalue weighted by Crippen LogP contribution is 2.47. The summed E-state index contributed by atoms with van der Waals surface area (Å²) < 4.78 is 5.79. The Labute approximate surface area is 125 Å². The van der Waals surface area contributed by atoms with E-state index in [0.717, 1.165) is 25.0 Å². The highest BCUT2D eigenvalue weighted by atomic mass is 16.5. The molecule has 0 aromatic heterocycles. The van der Waals surface area contributed by atoms with Gasteiger partial charge in [-0.1, -0.05) is 42.5 Å². The third kappa shape index (κ3) is 1.85. The van der Waals surface area contributed by atoms with E-state index in [2.05, 4.69) is 42.5 Å². The van der Waals surface area contributed by atoms with E-state index in [9.17, 15) is 5.26 Å². The summed E-state index contributed by atoms with van der Waals surface area (Å²) in [7, 11) is 0. The van der Waals surface area contributed by atoms with Crippen molar-refractivity contribution in [2.75, 3.05) is 6.61 Å². The van der Waals surface area contributed by atoms with Gasteiger partial charge in [-0.25, -0.2) is 0 Å². The molecule has 2 aromatic rings. The van der Waals surface area contributed by atoms with Crippen LogP contribution >= 0.6 is 0 Å². The first-order valence-electron chi connectivity index (χ1n) is 7.54. The molecule has 0 saturated carbocycles. The molecule has 21 heavy (non-hydrogen) atoms. The van der Waals surface area contributed by atoms with Gasteiger partial charge in [-0.3, -0.25) is 0 Å². The molecule has 0 fully saturated rings. The Morgan fingerprint density at radius 2 is 1.95 bits per heavy atom. The van der Waals surface area contributed by atoms with Gasteiger partial charge in [0.1, 0.15) is 5.75 Å². The number of nitriles is 1. The molecule has 1 heterocycles. The van der Waals surface area contributed by atoms with Gasteiger partial charge in [0.25, 0.3) is 0 Å². The number of aryl methyl sites for hydroxylation is 1. The third-order valence-corrected chi connectivity index (χ3v) is 4.96. The smallest absolute Gasteiger partial charge is 0.122 e. The zero-order chi connectivity index (χ0) is 14.3. The maximum atomic E-state index is 9.88. The summed E-state index contributed by atoms with van der Waals surface area (Å²) in [4.78, 5) is 0. The number of rotatable bonds is 2. The Morgan fingerprint density at radius 3 is 2.86 bits per heavy atom. The first-order chi connectivity index (χ1) is 10.3. The van der Waals surface area contributed by atoms with E-state index in [0.29, 0.717) is 12.5 Å². The topological polar surface area (TPSA) is 33.0 Å². The van der Waals surface area contributed by atoms with E-state index in [1.807, 2.05) is 12.1 Å². The largest absolute Gasteiger partial charge is 0.493 e. The number of para-hydroxylation sites is 1. The van der Waals surface area contributed by atoms with Gasteiger partial charge in [0.15, 0.2) is 0 Å². The Hall–Kier alpha value is -2.27. The van der Waals surface area contributed by atoms with Gasteiger partial charge >= 0.3 is 0 Å². The van der Waals surface area contributed by atoms with Crippen LogP contribution in [-0.2, 0) is 11.8 Å². The zero-order valence-corrected chi connectivity index (χ0v) is 11.9. The lowest BCUT2D eigenvalue weighted by molar-refractivity contribution is 0.306. The molecular weight excluding hydrogens is 258 g/mol. The van der Waals surface area contributed by atoms with E-state index < -0.39 is 0 Å². The summed E-state index contributed by atoms with van der Waals surface area (Å²) in [5, 5.41) is 9.88. The van der Waals surface area contributed by atoms with E-state index in [4.69, 9.17) is 4.74 Å². The molecule has 2 atom stereocenters. The summed E-state index contributed by atoms with van der Waals surface area (Å²) in [5.41, 5.74) is 3.49. The summed E-state index contributed by atoms with van der Waals surface area (Å²) in [6.45, 7) is 0.699. The summed E-state index contributed by atoms with van der Waals surface area (Å²) >= 11 is 0. The van der Waals surface area contributed by atoms with E-state index in [-0.39, 0.29) is 5.41 Å². The molecule has 0 radical (unpaired) electrons. The molecule has 1 aliphatic heterocycles. The minimum absolute atomic E-state index is 0.326. The van der Waals surface area contributed by atoms with Crippen molar-refractivity contribution in [3.8, 4) is 11.8 Å². The molecule has 0 spiro atoms. The van der Waals surface area contributed by atoms with Gasteiger partial charge in [-0.2, -0.15) is 5.26 Å². The number of hydrogen-bond donors (Lipinski definition) is 0. The van der Waals surface area contributed by atoms with Crippen molar-refractivity contribution < 1.29 is 4.74 Å². The summed E-state index contributed by atoms with van der Waals surface area (Å²) in [5.74, 6) is 1.31. The molecular formula is C19H17NO. The average Bonchev–Trinajstić information content (AvgIpc) is 3.11. The number of benzene rings is 2. The predicted octanol–water partition coefficient (Wildman–Crippen LogP) is 3.96. The van der Waals surface area contributed by atoms with E-state index in [1.165, 1.54) is 16.7 Å². The fourth-order valence-electron chi connectivity index (χ4n) is 3.88. The van der Waals surface area contributed by atoms with Crippen LogP contribution in [0.15, 0.2) is 48.5 Å². The average molecular weight is 275 g/mol. The standard InChI is InChI=1S/C19H17NO/c20-13-19(10-9-14-5-1-3-7-17(14)19)11-15-12-21-18-8-4-2-6-16(15)18/h1-8,15H,9-12H2. The number of fused-ring (bicyclic) bond motifs is 2. The number of nitrogens with zero attached hydrogens (tertiary/aromatic N) is 1. The first kappa shape index (κ1) is 12.5. The van der Waals surface area contributed by atoms with Crippen LogP contribution in [-0.4, -0.2) is 6.61 Å². The quantitative estimate of drug-likeness (QED) is 0.831. The lowest BCUT2D eigenvalue weighted by atomic mass is 9.74. The van der Waals surface area contributed by atoms with Gasteiger partial charge < -0.3 is 4.74 Å². The van der Waals surface area contributed by atoms with Crippen molar-refractivity contribution in [2.24, 2.45) is 0 Å². The molecule has 0 amide bonds. The molecule has 1 aliphatic carbocycles. The minimum atomic E-state index is -0.345. The van der Waals surface area contributed by atoms with Gasteiger partial charge in [-0.15, -0.1) is 0 Å². The van der Waals surface area contributed by atoms with Crippen LogP contribution in [0.1, 0.15) is 35.4 Å². The lowest BCUT2D eigenvalue weighted by Crippen LogP contribution is -2.24. The Bertz CT molecular complexity index is 730. The molecule has 4 rings (SSSR count). The molecule has 2 unspecified atom stereocenters. The molecule has 2 heteroatoms. The first-order valence-corrected chi connectivity index (χ1v) is 7.54. The van der Waals surface area contributed by atoms with Crippen LogP contribution in [0.4, 0.5) is 0 Å². The molecule has 0 saturated heterocycles. The fourth-order valence-corrected chi connectivity index (χ4v) is 3.88.